The standard InChI is InChI=1S/C20H22FN5O/c1-12-8-16(25-24-12)19(27)23-17-9-20(2,3)10-18-15(17)11-22-26(18)14-6-4-13(21)5-7-14/h4-8,11,17H,9-10H2,1-3H3,(H,23,27)(H,24,25). The van der Waals surface area contributed by atoms with Crippen LogP contribution in [0.1, 0.15) is 53.7 Å². The van der Waals surface area contributed by atoms with Crippen LogP contribution >= 0.6 is 0 Å². The summed E-state index contributed by atoms with van der Waals surface area (Å²) < 4.78 is 15.1. The fraction of sp³-hybridized carbons (Fsp3) is 0.350. The maximum absolute atomic E-state index is 13.3. The normalized spacial score (nSPS) is 18.1. The molecule has 6 nitrogen and oxygen atoms in total. The summed E-state index contributed by atoms with van der Waals surface area (Å²) in [6.07, 6.45) is 3.44. The van der Waals surface area contributed by atoms with Crippen molar-refractivity contribution < 1.29 is 9.18 Å². The van der Waals surface area contributed by atoms with Crippen molar-refractivity contribution in [2.75, 3.05) is 0 Å². The number of hydrogen-bond donors (Lipinski definition) is 2. The smallest absolute Gasteiger partial charge is 0.272 e. The zero-order valence-corrected chi connectivity index (χ0v) is 15.6. The number of carbonyl (C=O) groups excluding carboxylic acids is 1. The van der Waals surface area contributed by atoms with Crippen molar-refractivity contribution in [1.29, 1.82) is 0 Å². The Bertz CT molecular complexity index is 986. The van der Waals surface area contributed by atoms with Gasteiger partial charge in [0.1, 0.15) is 11.5 Å². The fourth-order valence-electron chi connectivity index (χ4n) is 3.74. The lowest BCUT2D eigenvalue weighted by Crippen LogP contribution is -2.37. The summed E-state index contributed by atoms with van der Waals surface area (Å²) in [7, 11) is 0. The van der Waals surface area contributed by atoms with Gasteiger partial charge < -0.3 is 5.32 Å². The molecule has 27 heavy (non-hydrogen) atoms. The van der Waals surface area contributed by atoms with E-state index in [1.807, 2.05) is 11.6 Å². The Hall–Kier alpha value is -2.96. The summed E-state index contributed by atoms with van der Waals surface area (Å²) in [5.74, 6) is -0.484. The molecule has 0 radical (unpaired) electrons. The van der Waals surface area contributed by atoms with Gasteiger partial charge in [0.2, 0.25) is 0 Å². The number of carbonyl (C=O) groups is 1. The molecule has 2 heterocycles. The van der Waals surface area contributed by atoms with E-state index < -0.39 is 0 Å². The summed E-state index contributed by atoms with van der Waals surface area (Å²) >= 11 is 0. The van der Waals surface area contributed by atoms with Crippen molar-refractivity contribution >= 4 is 5.91 Å². The number of nitrogens with zero attached hydrogens (tertiary/aromatic N) is 3. The van der Waals surface area contributed by atoms with Gasteiger partial charge in [0.15, 0.2) is 0 Å². The van der Waals surface area contributed by atoms with Crippen LogP contribution in [0.3, 0.4) is 0 Å². The van der Waals surface area contributed by atoms with Crippen LogP contribution in [0.15, 0.2) is 36.5 Å². The summed E-state index contributed by atoms with van der Waals surface area (Å²) in [5, 5.41) is 14.5. The predicted molar refractivity (Wildman–Crippen MR) is 99.2 cm³/mol. The molecule has 0 fully saturated rings. The molecule has 1 amide bonds. The molecule has 3 aromatic rings. The van der Waals surface area contributed by atoms with Crippen LogP contribution in [0.4, 0.5) is 4.39 Å². The molecule has 1 aliphatic rings. The monoisotopic (exact) mass is 367 g/mol. The second-order valence-corrected chi connectivity index (χ2v) is 7.94. The van der Waals surface area contributed by atoms with Crippen LogP contribution in [0.5, 0.6) is 0 Å². The number of amides is 1. The Labute approximate surface area is 156 Å². The minimum atomic E-state index is -0.278. The first-order valence-corrected chi connectivity index (χ1v) is 8.98. The lowest BCUT2D eigenvalue weighted by atomic mass is 9.74. The number of aromatic amines is 1. The highest BCUT2D eigenvalue weighted by molar-refractivity contribution is 5.92. The van der Waals surface area contributed by atoms with Gasteiger partial charge in [-0.1, -0.05) is 13.8 Å². The number of benzene rings is 1. The number of aryl methyl sites for hydroxylation is 1. The van der Waals surface area contributed by atoms with Gasteiger partial charge in [-0.3, -0.25) is 9.89 Å². The quantitative estimate of drug-likeness (QED) is 0.744. The molecule has 0 spiro atoms. The third-order valence-corrected chi connectivity index (χ3v) is 4.99. The first-order chi connectivity index (χ1) is 12.8. The van der Waals surface area contributed by atoms with E-state index in [1.54, 1.807) is 24.4 Å². The Kier molecular flexibility index (Phi) is 4.09. The van der Waals surface area contributed by atoms with Crippen LogP contribution < -0.4 is 5.32 Å². The van der Waals surface area contributed by atoms with Gasteiger partial charge in [0.25, 0.3) is 5.91 Å². The molecule has 1 aromatic carbocycles. The Morgan fingerprint density at radius 1 is 1.33 bits per heavy atom. The topological polar surface area (TPSA) is 75.6 Å². The Balaban J connectivity index is 1.68. The summed E-state index contributed by atoms with van der Waals surface area (Å²) in [4.78, 5) is 12.6. The molecule has 1 aliphatic carbocycles. The zero-order valence-electron chi connectivity index (χ0n) is 15.6. The maximum Gasteiger partial charge on any atom is 0.272 e. The lowest BCUT2D eigenvalue weighted by molar-refractivity contribution is 0.0914. The van der Waals surface area contributed by atoms with Gasteiger partial charge >= 0.3 is 0 Å². The van der Waals surface area contributed by atoms with E-state index in [0.717, 1.165) is 35.5 Å². The average molecular weight is 367 g/mol. The highest BCUT2D eigenvalue weighted by atomic mass is 19.1. The molecule has 7 heteroatoms. The summed E-state index contributed by atoms with van der Waals surface area (Å²) in [6.45, 7) is 6.21. The highest BCUT2D eigenvalue weighted by Gasteiger charge is 2.36. The number of nitrogens with one attached hydrogen (secondary N) is 2. The van der Waals surface area contributed by atoms with Crippen LogP contribution in [0.2, 0.25) is 0 Å². The van der Waals surface area contributed by atoms with Crippen molar-refractivity contribution in [2.45, 2.75) is 39.7 Å². The molecular formula is C20H22FN5O. The third kappa shape index (κ3) is 3.37. The van der Waals surface area contributed by atoms with Gasteiger partial charge in [0, 0.05) is 11.3 Å². The first kappa shape index (κ1) is 17.5. The SMILES string of the molecule is Cc1cc(C(=O)NC2CC(C)(C)Cc3c2cnn3-c2ccc(F)cc2)n[nH]1. The van der Waals surface area contributed by atoms with Crippen molar-refractivity contribution in [2.24, 2.45) is 5.41 Å². The molecule has 140 valence electrons. The average Bonchev–Trinajstić information content (AvgIpc) is 3.21. The zero-order chi connectivity index (χ0) is 19.2. The number of hydrogen-bond acceptors (Lipinski definition) is 3. The largest absolute Gasteiger partial charge is 0.344 e. The third-order valence-electron chi connectivity index (χ3n) is 4.99. The number of fused-ring (bicyclic) bond motifs is 1. The molecule has 1 unspecified atom stereocenters. The van der Waals surface area contributed by atoms with Crippen LogP contribution in [-0.4, -0.2) is 25.9 Å². The van der Waals surface area contributed by atoms with Crippen molar-refractivity contribution in [3.8, 4) is 5.69 Å². The fourth-order valence-corrected chi connectivity index (χ4v) is 3.74. The number of aromatic nitrogens is 4. The van der Waals surface area contributed by atoms with E-state index in [1.165, 1.54) is 12.1 Å². The van der Waals surface area contributed by atoms with Crippen LogP contribution in [-0.2, 0) is 6.42 Å². The first-order valence-electron chi connectivity index (χ1n) is 8.98. The second kappa shape index (κ2) is 6.33. The van der Waals surface area contributed by atoms with Crippen LogP contribution in [0.25, 0.3) is 5.69 Å². The molecule has 0 bridgehead atoms. The van der Waals surface area contributed by atoms with E-state index in [2.05, 4.69) is 34.5 Å². The lowest BCUT2D eigenvalue weighted by Gasteiger charge is -2.35. The summed E-state index contributed by atoms with van der Waals surface area (Å²) in [5.41, 5.74) is 4.06. The van der Waals surface area contributed by atoms with Crippen LogP contribution in [0, 0.1) is 18.2 Å². The highest BCUT2D eigenvalue weighted by Crippen LogP contribution is 2.41. The number of rotatable bonds is 3. The molecular weight excluding hydrogens is 345 g/mol. The second-order valence-electron chi connectivity index (χ2n) is 7.94. The minimum Gasteiger partial charge on any atom is -0.344 e. The van der Waals surface area contributed by atoms with Crippen molar-refractivity contribution in [3.05, 3.63) is 65.0 Å². The Morgan fingerprint density at radius 2 is 2.07 bits per heavy atom. The summed E-state index contributed by atoms with van der Waals surface area (Å²) in [6, 6.07) is 7.86. The van der Waals surface area contributed by atoms with Gasteiger partial charge in [-0.15, -0.1) is 0 Å². The number of halogens is 1. The van der Waals surface area contributed by atoms with Crippen molar-refractivity contribution in [1.82, 2.24) is 25.3 Å². The Morgan fingerprint density at radius 3 is 2.74 bits per heavy atom. The van der Waals surface area contributed by atoms with Gasteiger partial charge in [-0.25, -0.2) is 9.07 Å². The minimum absolute atomic E-state index is 0.00967. The molecule has 0 saturated heterocycles. The number of H-pyrrole nitrogens is 1. The molecule has 4 rings (SSSR count). The van der Waals surface area contributed by atoms with E-state index in [-0.39, 0.29) is 23.2 Å². The molecule has 2 N–H and O–H groups in total. The molecule has 0 aliphatic heterocycles. The van der Waals surface area contributed by atoms with Gasteiger partial charge in [-0.2, -0.15) is 10.2 Å². The van der Waals surface area contributed by atoms with Gasteiger partial charge in [-0.05, 0) is 55.5 Å². The van der Waals surface area contributed by atoms with Crippen molar-refractivity contribution in [3.63, 3.8) is 0 Å². The maximum atomic E-state index is 13.3. The van der Waals surface area contributed by atoms with E-state index in [9.17, 15) is 9.18 Å². The molecule has 1 atom stereocenters. The van der Waals surface area contributed by atoms with E-state index >= 15 is 0 Å². The van der Waals surface area contributed by atoms with E-state index in [4.69, 9.17) is 0 Å². The predicted octanol–water partition coefficient (Wildman–Crippen LogP) is 3.49. The van der Waals surface area contributed by atoms with E-state index in [0.29, 0.717) is 5.69 Å². The van der Waals surface area contributed by atoms with Gasteiger partial charge in [0.05, 0.1) is 23.6 Å². The molecule has 2 aromatic heterocycles. The molecule has 0 saturated carbocycles.